The summed E-state index contributed by atoms with van der Waals surface area (Å²) in [5.41, 5.74) is 0. The zero-order valence-electron chi connectivity index (χ0n) is 13.0. The maximum absolute atomic E-state index is 12.7. The summed E-state index contributed by atoms with van der Waals surface area (Å²) in [6, 6.07) is 1.75. The molecule has 0 N–H and O–H groups in total. The van der Waals surface area contributed by atoms with E-state index >= 15 is 0 Å². The predicted octanol–water partition coefficient (Wildman–Crippen LogP) is 0.638. The fourth-order valence-electron chi connectivity index (χ4n) is 3.57. The van der Waals surface area contributed by atoms with Gasteiger partial charge in [0.2, 0.25) is 16.0 Å². The fourth-order valence-corrected chi connectivity index (χ4v) is 5.64. The van der Waals surface area contributed by atoms with Gasteiger partial charge in [-0.1, -0.05) is 0 Å². The van der Waals surface area contributed by atoms with Crippen molar-refractivity contribution in [3.05, 3.63) is 18.5 Å². The van der Waals surface area contributed by atoms with E-state index < -0.39 is 10.0 Å². The van der Waals surface area contributed by atoms with Crippen LogP contribution in [0, 0.1) is 0 Å². The molecule has 2 aliphatic heterocycles. The van der Waals surface area contributed by atoms with E-state index in [2.05, 4.69) is 14.9 Å². The van der Waals surface area contributed by atoms with E-state index in [-0.39, 0.29) is 17.4 Å². The minimum absolute atomic E-state index is 0.0222. The van der Waals surface area contributed by atoms with Crippen molar-refractivity contribution < 1.29 is 13.2 Å². The van der Waals surface area contributed by atoms with E-state index in [1.165, 1.54) is 0 Å². The van der Waals surface area contributed by atoms with E-state index in [0.717, 1.165) is 38.8 Å². The molecular formula is C15H22N4O3S. The molecule has 0 bridgehead atoms. The maximum Gasteiger partial charge on any atom is 0.225 e. The van der Waals surface area contributed by atoms with Gasteiger partial charge in [0.25, 0.3) is 0 Å². The molecule has 1 aromatic rings. The zero-order chi connectivity index (χ0) is 15.9. The first-order valence-corrected chi connectivity index (χ1v) is 9.81. The van der Waals surface area contributed by atoms with Gasteiger partial charge in [0.05, 0.1) is 24.0 Å². The van der Waals surface area contributed by atoms with Crippen LogP contribution in [0.5, 0.6) is 0 Å². The quantitative estimate of drug-likeness (QED) is 0.805. The van der Waals surface area contributed by atoms with Gasteiger partial charge in [-0.2, -0.15) is 4.31 Å². The second kappa shape index (κ2) is 5.99. The van der Waals surface area contributed by atoms with Gasteiger partial charge in [-0.05, 0) is 31.7 Å². The number of anilines is 1. The monoisotopic (exact) mass is 338 g/mol. The molecular weight excluding hydrogens is 316 g/mol. The van der Waals surface area contributed by atoms with Crippen LogP contribution in [0.25, 0.3) is 0 Å². The Hall–Kier alpha value is -1.25. The van der Waals surface area contributed by atoms with E-state index in [4.69, 9.17) is 4.74 Å². The molecule has 3 aliphatic rings. The van der Waals surface area contributed by atoms with Gasteiger partial charge >= 0.3 is 0 Å². The van der Waals surface area contributed by atoms with Gasteiger partial charge in [-0.15, -0.1) is 0 Å². The summed E-state index contributed by atoms with van der Waals surface area (Å²) in [6.45, 7) is 2.53. The Morgan fingerprint density at radius 3 is 2.52 bits per heavy atom. The van der Waals surface area contributed by atoms with E-state index in [1.54, 1.807) is 22.8 Å². The maximum atomic E-state index is 12.7. The van der Waals surface area contributed by atoms with Crippen molar-refractivity contribution in [1.82, 2.24) is 14.3 Å². The van der Waals surface area contributed by atoms with Gasteiger partial charge in [0.1, 0.15) is 0 Å². The van der Waals surface area contributed by atoms with Crippen molar-refractivity contribution in [3.63, 3.8) is 0 Å². The molecule has 0 unspecified atom stereocenters. The Labute approximate surface area is 136 Å². The Kier molecular flexibility index (Phi) is 3.98. The molecule has 0 aromatic carbocycles. The van der Waals surface area contributed by atoms with Crippen LogP contribution < -0.4 is 4.90 Å². The highest BCUT2D eigenvalue weighted by atomic mass is 32.2. The number of sulfonamides is 1. The van der Waals surface area contributed by atoms with Crippen LogP contribution in [0.15, 0.2) is 18.5 Å². The van der Waals surface area contributed by atoms with Crippen molar-refractivity contribution in [3.8, 4) is 0 Å². The molecule has 3 heterocycles. The number of nitrogens with zero attached hydrogens (tertiary/aromatic N) is 4. The first-order chi connectivity index (χ1) is 11.2. The summed E-state index contributed by atoms with van der Waals surface area (Å²) in [6.07, 6.45) is 6.63. The molecule has 3 fully saturated rings. The molecule has 0 amide bonds. The second-order valence-electron chi connectivity index (χ2n) is 6.44. The normalized spacial score (nSPS) is 29.8. The Bertz CT molecular complexity index is 650. The molecule has 1 aliphatic carbocycles. The molecule has 7 nitrogen and oxygen atoms in total. The summed E-state index contributed by atoms with van der Waals surface area (Å²) in [5, 5.41) is -0.155. The van der Waals surface area contributed by atoms with Crippen LogP contribution in [0.3, 0.4) is 0 Å². The number of fused-ring (bicyclic) bond motifs is 1. The van der Waals surface area contributed by atoms with Crippen LogP contribution in [-0.2, 0) is 14.8 Å². The average molecular weight is 338 g/mol. The highest BCUT2D eigenvalue weighted by molar-refractivity contribution is 7.90. The Balaban J connectivity index is 1.53. The summed E-state index contributed by atoms with van der Waals surface area (Å²) >= 11 is 0. The number of rotatable bonds is 3. The van der Waals surface area contributed by atoms with Crippen molar-refractivity contribution in [2.75, 3.05) is 31.1 Å². The van der Waals surface area contributed by atoms with Gasteiger partial charge < -0.3 is 9.64 Å². The third kappa shape index (κ3) is 2.95. The van der Waals surface area contributed by atoms with Crippen LogP contribution in [0.2, 0.25) is 0 Å². The molecule has 2 saturated heterocycles. The third-order valence-corrected chi connectivity index (χ3v) is 7.35. The van der Waals surface area contributed by atoms with E-state index in [0.29, 0.717) is 19.1 Å². The summed E-state index contributed by atoms with van der Waals surface area (Å²) < 4.78 is 33.0. The second-order valence-corrected chi connectivity index (χ2v) is 8.61. The zero-order valence-corrected chi connectivity index (χ0v) is 13.9. The standard InChI is InChI=1S/C15H22N4O3S/c20-23(21,12-2-3-12)19-10-11-22-14-5-9-18(8-4-13(14)19)15-16-6-1-7-17-15/h1,6-7,12-14H,2-5,8-11H2/t13-,14+/m1/s1. The summed E-state index contributed by atoms with van der Waals surface area (Å²) in [7, 11) is -3.15. The van der Waals surface area contributed by atoms with Crippen LogP contribution >= 0.6 is 0 Å². The minimum Gasteiger partial charge on any atom is -0.375 e. The average Bonchev–Trinajstić information content (AvgIpc) is 3.42. The predicted molar refractivity (Wildman–Crippen MR) is 85.7 cm³/mol. The summed E-state index contributed by atoms with van der Waals surface area (Å²) in [5.74, 6) is 0.711. The lowest BCUT2D eigenvalue weighted by molar-refractivity contribution is -0.0406. The summed E-state index contributed by atoms with van der Waals surface area (Å²) in [4.78, 5) is 10.7. The minimum atomic E-state index is -3.15. The van der Waals surface area contributed by atoms with E-state index in [9.17, 15) is 8.42 Å². The van der Waals surface area contributed by atoms with Gasteiger partial charge in [-0.25, -0.2) is 18.4 Å². The fraction of sp³-hybridized carbons (Fsp3) is 0.733. The molecule has 2 atom stereocenters. The third-order valence-electron chi connectivity index (χ3n) is 4.93. The molecule has 1 saturated carbocycles. The SMILES string of the molecule is O=S(=O)(C1CC1)N1CCO[C@H]2CCN(c3ncccn3)CC[C@H]21. The van der Waals surface area contributed by atoms with Crippen molar-refractivity contribution in [1.29, 1.82) is 0 Å². The van der Waals surface area contributed by atoms with E-state index in [1.807, 2.05) is 0 Å². The first kappa shape index (κ1) is 15.3. The largest absolute Gasteiger partial charge is 0.375 e. The lowest BCUT2D eigenvalue weighted by Gasteiger charge is -2.39. The highest BCUT2D eigenvalue weighted by Gasteiger charge is 2.46. The van der Waals surface area contributed by atoms with Gasteiger partial charge in [0, 0.05) is 32.0 Å². The van der Waals surface area contributed by atoms with Crippen molar-refractivity contribution >= 4 is 16.0 Å². The number of hydrogen-bond donors (Lipinski definition) is 0. The lowest BCUT2D eigenvalue weighted by atomic mass is 10.0. The Morgan fingerprint density at radius 2 is 1.78 bits per heavy atom. The molecule has 23 heavy (non-hydrogen) atoms. The number of hydrogen-bond acceptors (Lipinski definition) is 6. The smallest absolute Gasteiger partial charge is 0.225 e. The lowest BCUT2D eigenvalue weighted by Crippen LogP contribution is -2.54. The van der Waals surface area contributed by atoms with Gasteiger partial charge in [-0.3, -0.25) is 0 Å². The topological polar surface area (TPSA) is 75.6 Å². The van der Waals surface area contributed by atoms with Crippen molar-refractivity contribution in [2.45, 2.75) is 43.1 Å². The highest BCUT2D eigenvalue weighted by Crippen LogP contribution is 2.35. The van der Waals surface area contributed by atoms with Crippen LogP contribution in [0.4, 0.5) is 5.95 Å². The molecule has 0 spiro atoms. The molecule has 1 aromatic heterocycles. The molecule has 4 rings (SSSR count). The van der Waals surface area contributed by atoms with Crippen LogP contribution in [0.1, 0.15) is 25.7 Å². The molecule has 126 valence electrons. The van der Waals surface area contributed by atoms with Crippen LogP contribution in [-0.4, -0.2) is 66.3 Å². The number of ether oxygens (including phenoxy) is 1. The number of morpholine rings is 1. The molecule has 0 radical (unpaired) electrons. The van der Waals surface area contributed by atoms with Crippen molar-refractivity contribution in [2.24, 2.45) is 0 Å². The van der Waals surface area contributed by atoms with Gasteiger partial charge in [0.15, 0.2) is 0 Å². The Morgan fingerprint density at radius 1 is 1.04 bits per heavy atom. The number of aromatic nitrogens is 2. The first-order valence-electron chi connectivity index (χ1n) is 8.30. The molecule has 8 heteroatoms.